The first-order valence-electron chi connectivity index (χ1n) is 4.21. The molecule has 0 heterocycles. The van der Waals surface area contributed by atoms with E-state index in [1.54, 1.807) is 12.1 Å². The molecule has 0 aliphatic rings. The summed E-state index contributed by atoms with van der Waals surface area (Å²) < 4.78 is 0. The molecule has 70 valence electrons. The molecule has 0 unspecified atom stereocenters. The van der Waals surface area contributed by atoms with Gasteiger partial charge in [0.1, 0.15) is 0 Å². The molecular formula is C10H14N2O. The maximum atomic E-state index is 11.5. The Bertz CT molecular complexity index is 272. The number of Topliss-reactive ketones (excluding diaryl/α,β-unsaturated/α-hetero) is 1. The van der Waals surface area contributed by atoms with Crippen LogP contribution in [-0.4, -0.2) is 31.4 Å². The lowest BCUT2D eigenvalue weighted by molar-refractivity contribution is 0.0922. The minimum Gasteiger partial charge on any atom is -0.293 e. The van der Waals surface area contributed by atoms with E-state index in [4.69, 9.17) is 0 Å². The number of hydrogen-bond donors (Lipinski definition) is 1. The lowest BCUT2D eigenvalue weighted by atomic mass is 10.1. The fourth-order valence-corrected chi connectivity index (χ4v) is 1.01. The molecule has 0 aromatic heterocycles. The Morgan fingerprint density at radius 1 is 1.38 bits per heavy atom. The Morgan fingerprint density at radius 2 is 2.00 bits per heavy atom. The number of carbonyl (C=O) groups is 1. The molecule has 0 saturated carbocycles. The number of likely N-dealkylation sites (N-methyl/N-ethyl adjacent to an activating group) is 1. The van der Waals surface area contributed by atoms with Crippen molar-refractivity contribution in [2.24, 2.45) is 0 Å². The zero-order chi connectivity index (χ0) is 9.68. The van der Waals surface area contributed by atoms with Crippen molar-refractivity contribution in [3.05, 3.63) is 35.9 Å². The third-order valence-electron chi connectivity index (χ3n) is 1.86. The van der Waals surface area contributed by atoms with Gasteiger partial charge in [0.05, 0.1) is 6.54 Å². The van der Waals surface area contributed by atoms with Crippen LogP contribution >= 0.6 is 0 Å². The number of ketones is 1. The van der Waals surface area contributed by atoms with E-state index in [-0.39, 0.29) is 5.78 Å². The summed E-state index contributed by atoms with van der Waals surface area (Å²) in [5.41, 5.74) is 3.63. The number of benzene rings is 1. The molecule has 0 aliphatic heterocycles. The number of rotatable bonds is 4. The Hall–Kier alpha value is -1.19. The van der Waals surface area contributed by atoms with Gasteiger partial charge in [0.25, 0.3) is 0 Å². The van der Waals surface area contributed by atoms with E-state index in [9.17, 15) is 4.79 Å². The fraction of sp³-hybridized carbons (Fsp3) is 0.300. The summed E-state index contributed by atoms with van der Waals surface area (Å²) in [6.45, 7) is 0.389. The molecule has 1 aromatic rings. The Labute approximate surface area is 78.3 Å². The number of hydrogen-bond acceptors (Lipinski definition) is 3. The quantitative estimate of drug-likeness (QED) is 0.550. The van der Waals surface area contributed by atoms with Crippen LogP contribution in [0.25, 0.3) is 0 Å². The SMILES string of the molecule is CNN(C)CC(=O)c1ccccc1. The standard InChI is InChI=1S/C10H14N2O/c1-11-12(2)8-10(13)9-6-4-3-5-7-9/h3-7,11H,8H2,1-2H3. The minimum atomic E-state index is 0.123. The average molecular weight is 178 g/mol. The van der Waals surface area contributed by atoms with Crippen molar-refractivity contribution in [1.29, 1.82) is 0 Å². The maximum absolute atomic E-state index is 11.5. The van der Waals surface area contributed by atoms with E-state index in [1.165, 1.54) is 0 Å². The smallest absolute Gasteiger partial charge is 0.178 e. The van der Waals surface area contributed by atoms with E-state index in [2.05, 4.69) is 5.43 Å². The first-order valence-corrected chi connectivity index (χ1v) is 4.21. The molecule has 0 aliphatic carbocycles. The van der Waals surface area contributed by atoms with Crippen LogP contribution in [0.1, 0.15) is 10.4 Å². The van der Waals surface area contributed by atoms with Crippen LogP contribution in [0, 0.1) is 0 Å². The monoisotopic (exact) mass is 178 g/mol. The summed E-state index contributed by atoms with van der Waals surface area (Å²) in [5, 5.41) is 1.75. The van der Waals surface area contributed by atoms with Gasteiger partial charge in [0.2, 0.25) is 0 Å². The van der Waals surface area contributed by atoms with Crippen molar-refractivity contribution in [3.63, 3.8) is 0 Å². The Morgan fingerprint density at radius 3 is 2.54 bits per heavy atom. The second-order valence-electron chi connectivity index (χ2n) is 2.87. The highest BCUT2D eigenvalue weighted by Crippen LogP contribution is 1.99. The maximum Gasteiger partial charge on any atom is 0.178 e. The first kappa shape index (κ1) is 9.89. The summed E-state index contributed by atoms with van der Waals surface area (Å²) in [5.74, 6) is 0.123. The summed E-state index contributed by atoms with van der Waals surface area (Å²) in [4.78, 5) is 11.5. The van der Waals surface area contributed by atoms with Crippen LogP contribution < -0.4 is 5.43 Å². The second kappa shape index (κ2) is 4.74. The summed E-state index contributed by atoms with van der Waals surface area (Å²) in [7, 11) is 3.62. The Balaban J connectivity index is 2.59. The molecule has 1 N–H and O–H groups in total. The zero-order valence-corrected chi connectivity index (χ0v) is 7.95. The van der Waals surface area contributed by atoms with Crippen LogP contribution in [-0.2, 0) is 0 Å². The third-order valence-corrected chi connectivity index (χ3v) is 1.86. The van der Waals surface area contributed by atoms with Crippen LogP contribution in [0.5, 0.6) is 0 Å². The molecule has 0 spiro atoms. The van der Waals surface area contributed by atoms with Crippen LogP contribution in [0.3, 0.4) is 0 Å². The minimum absolute atomic E-state index is 0.123. The molecule has 0 radical (unpaired) electrons. The normalized spacial score (nSPS) is 10.4. The van der Waals surface area contributed by atoms with Gasteiger partial charge in [-0.2, -0.15) is 0 Å². The van der Waals surface area contributed by atoms with Crippen LogP contribution in [0.15, 0.2) is 30.3 Å². The first-order chi connectivity index (χ1) is 6.24. The molecule has 0 atom stereocenters. The van der Waals surface area contributed by atoms with Crippen molar-refractivity contribution in [2.45, 2.75) is 0 Å². The van der Waals surface area contributed by atoms with Gasteiger partial charge in [-0.3, -0.25) is 10.2 Å². The van der Waals surface area contributed by atoms with Gasteiger partial charge in [-0.15, -0.1) is 0 Å². The van der Waals surface area contributed by atoms with Crippen molar-refractivity contribution in [1.82, 2.24) is 10.4 Å². The van der Waals surface area contributed by atoms with Crippen molar-refractivity contribution in [2.75, 3.05) is 20.6 Å². The van der Waals surface area contributed by atoms with Gasteiger partial charge in [-0.05, 0) is 7.05 Å². The molecule has 1 rings (SSSR count). The van der Waals surface area contributed by atoms with E-state index >= 15 is 0 Å². The van der Waals surface area contributed by atoms with Gasteiger partial charge in [-0.25, -0.2) is 5.01 Å². The second-order valence-corrected chi connectivity index (χ2v) is 2.87. The van der Waals surface area contributed by atoms with E-state index in [0.29, 0.717) is 6.54 Å². The molecule has 3 heteroatoms. The molecule has 3 nitrogen and oxygen atoms in total. The summed E-state index contributed by atoms with van der Waals surface area (Å²) in [6, 6.07) is 9.29. The van der Waals surface area contributed by atoms with Gasteiger partial charge in [0, 0.05) is 12.6 Å². The van der Waals surface area contributed by atoms with E-state index in [1.807, 2.05) is 37.4 Å². The summed E-state index contributed by atoms with van der Waals surface area (Å²) in [6.07, 6.45) is 0. The molecule has 0 bridgehead atoms. The highest BCUT2D eigenvalue weighted by atomic mass is 16.1. The largest absolute Gasteiger partial charge is 0.293 e. The molecule has 1 aromatic carbocycles. The Kier molecular flexibility index (Phi) is 3.61. The van der Waals surface area contributed by atoms with Crippen molar-refractivity contribution >= 4 is 5.78 Å². The number of nitrogens with zero attached hydrogens (tertiary/aromatic N) is 1. The molecular weight excluding hydrogens is 164 g/mol. The molecule has 0 saturated heterocycles. The van der Waals surface area contributed by atoms with Crippen molar-refractivity contribution in [3.8, 4) is 0 Å². The lowest BCUT2D eigenvalue weighted by Crippen LogP contribution is -2.35. The zero-order valence-electron chi connectivity index (χ0n) is 7.95. The number of carbonyl (C=O) groups excluding carboxylic acids is 1. The van der Waals surface area contributed by atoms with Crippen LogP contribution in [0.2, 0.25) is 0 Å². The molecule has 0 amide bonds. The van der Waals surface area contributed by atoms with E-state index in [0.717, 1.165) is 5.56 Å². The number of hydrazine groups is 1. The van der Waals surface area contributed by atoms with Gasteiger partial charge in [-0.1, -0.05) is 30.3 Å². The van der Waals surface area contributed by atoms with Crippen molar-refractivity contribution < 1.29 is 4.79 Å². The highest BCUT2D eigenvalue weighted by Gasteiger charge is 2.06. The average Bonchev–Trinajstić information content (AvgIpc) is 2.19. The van der Waals surface area contributed by atoms with Crippen LogP contribution in [0.4, 0.5) is 0 Å². The lowest BCUT2D eigenvalue weighted by Gasteiger charge is -2.13. The highest BCUT2D eigenvalue weighted by molar-refractivity contribution is 5.97. The fourth-order valence-electron chi connectivity index (χ4n) is 1.01. The predicted molar refractivity (Wildman–Crippen MR) is 52.5 cm³/mol. The van der Waals surface area contributed by atoms with Gasteiger partial charge < -0.3 is 0 Å². The van der Waals surface area contributed by atoms with Gasteiger partial charge >= 0.3 is 0 Å². The molecule has 0 fully saturated rings. The third kappa shape index (κ3) is 2.97. The topological polar surface area (TPSA) is 32.3 Å². The summed E-state index contributed by atoms with van der Waals surface area (Å²) >= 11 is 0. The number of nitrogens with one attached hydrogen (secondary N) is 1. The van der Waals surface area contributed by atoms with E-state index < -0.39 is 0 Å². The molecule has 13 heavy (non-hydrogen) atoms. The van der Waals surface area contributed by atoms with Gasteiger partial charge in [0.15, 0.2) is 5.78 Å². The predicted octanol–water partition coefficient (Wildman–Crippen LogP) is 0.935.